The van der Waals surface area contributed by atoms with E-state index < -0.39 is 23.9 Å². The Morgan fingerprint density at radius 2 is 1.78 bits per heavy atom. The highest BCUT2D eigenvalue weighted by atomic mass is 16.5. The minimum absolute atomic E-state index is 0.0653. The van der Waals surface area contributed by atoms with E-state index in [4.69, 9.17) is 14.2 Å². The lowest BCUT2D eigenvalue weighted by Crippen LogP contribution is -2.49. The van der Waals surface area contributed by atoms with Crippen LogP contribution in [0.3, 0.4) is 0 Å². The Hall–Kier alpha value is -4.01. The van der Waals surface area contributed by atoms with Crippen molar-refractivity contribution in [3.63, 3.8) is 0 Å². The second-order valence-corrected chi connectivity index (χ2v) is 7.47. The molecule has 0 spiro atoms. The maximum Gasteiger partial charge on any atom is 0.338 e. The van der Waals surface area contributed by atoms with Crippen LogP contribution in [-0.4, -0.2) is 50.2 Å². The Labute approximate surface area is 184 Å². The minimum Gasteiger partial charge on any atom is -0.497 e. The van der Waals surface area contributed by atoms with Crippen LogP contribution >= 0.6 is 0 Å². The molecule has 2 aromatic carbocycles. The van der Waals surface area contributed by atoms with Crippen molar-refractivity contribution in [1.29, 1.82) is 0 Å². The van der Waals surface area contributed by atoms with E-state index in [1.165, 1.54) is 19.1 Å². The first-order valence-corrected chi connectivity index (χ1v) is 9.97. The summed E-state index contributed by atoms with van der Waals surface area (Å²) in [5.74, 6) is 0.0659. The Kier molecular flexibility index (Phi) is 5.72. The summed E-state index contributed by atoms with van der Waals surface area (Å²) in [4.78, 5) is 39.3. The molecule has 0 radical (unpaired) electrons. The number of carbonyl (C=O) groups is 3. The SMILES string of the molecule is COc1cc(NC(=O)CN2C(=O)N[C@H](c3ccc(C)cc3)C3=C2COC3=O)cc(OC)c1. The molecular formula is C23H23N3O6. The van der Waals surface area contributed by atoms with Gasteiger partial charge in [0.15, 0.2) is 0 Å². The number of cyclic esters (lactones) is 1. The van der Waals surface area contributed by atoms with Crippen molar-refractivity contribution in [3.05, 3.63) is 64.9 Å². The van der Waals surface area contributed by atoms with Crippen LogP contribution < -0.4 is 20.1 Å². The topological polar surface area (TPSA) is 106 Å². The molecule has 2 aromatic rings. The Bertz CT molecular complexity index is 1090. The molecule has 0 saturated carbocycles. The molecule has 2 aliphatic rings. The molecule has 32 heavy (non-hydrogen) atoms. The number of nitrogens with zero attached hydrogens (tertiary/aromatic N) is 1. The third kappa shape index (κ3) is 4.09. The first kappa shape index (κ1) is 21.2. The van der Waals surface area contributed by atoms with Crippen molar-refractivity contribution in [2.45, 2.75) is 13.0 Å². The van der Waals surface area contributed by atoms with Gasteiger partial charge in [-0.05, 0) is 12.5 Å². The molecule has 2 heterocycles. The first-order chi connectivity index (χ1) is 15.4. The summed E-state index contributed by atoms with van der Waals surface area (Å²) in [6.07, 6.45) is 0. The number of aryl methyl sites for hydroxylation is 1. The van der Waals surface area contributed by atoms with Gasteiger partial charge in [0.05, 0.1) is 31.5 Å². The van der Waals surface area contributed by atoms with Crippen molar-refractivity contribution in [3.8, 4) is 11.5 Å². The normalized spacial score (nSPS) is 17.5. The number of benzene rings is 2. The summed E-state index contributed by atoms with van der Waals surface area (Å²) >= 11 is 0. The number of anilines is 1. The molecule has 4 rings (SSSR count). The number of methoxy groups -OCH3 is 2. The molecule has 1 atom stereocenters. The van der Waals surface area contributed by atoms with E-state index in [-0.39, 0.29) is 13.2 Å². The lowest BCUT2D eigenvalue weighted by atomic mass is 9.95. The highest BCUT2D eigenvalue weighted by Gasteiger charge is 2.42. The van der Waals surface area contributed by atoms with Gasteiger partial charge in [-0.1, -0.05) is 29.8 Å². The quantitative estimate of drug-likeness (QED) is 0.673. The summed E-state index contributed by atoms with van der Waals surface area (Å²) in [5.41, 5.74) is 3.01. The monoisotopic (exact) mass is 437 g/mol. The van der Waals surface area contributed by atoms with Crippen LogP contribution in [0, 0.1) is 6.92 Å². The molecule has 166 valence electrons. The number of esters is 1. The molecule has 0 unspecified atom stereocenters. The van der Waals surface area contributed by atoms with Crippen molar-refractivity contribution in [2.75, 3.05) is 32.7 Å². The smallest absolute Gasteiger partial charge is 0.338 e. The van der Waals surface area contributed by atoms with Gasteiger partial charge in [-0.25, -0.2) is 9.59 Å². The van der Waals surface area contributed by atoms with E-state index in [1.807, 2.05) is 31.2 Å². The van der Waals surface area contributed by atoms with Crippen molar-refractivity contribution in [1.82, 2.24) is 10.2 Å². The molecular weight excluding hydrogens is 414 g/mol. The average molecular weight is 437 g/mol. The highest BCUT2D eigenvalue weighted by molar-refractivity contribution is 6.00. The van der Waals surface area contributed by atoms with Gasteiger partial charge >= 0.3 is 12.0 Å². The number of rotatable bonds is 6. The molecule has 0 aliphatic carbocycles. The zero-order valence-corrected chi connectivity index (χ0v) is 17.9. The lowest BCUT2D eigenvalue weighted by molar-refractivity contribution is -0.136. The van der Waals surface area contributed by atoms with Crippen LogP contribution in [0.25, 0.3) is 0 Å². The van der Waals surface area contributed by atoms with Gasteiger partial charge < -0.3 is 24.8 Å². The number of urea groups is 1. The zero-order chi connectivity index (χ0) is 22.8. The fourth-order valence-corrected chi connectivity index (χ4v) is 3.71. The van der Waals surface area contributed by atoms with Gasteiger partial charge in [0.2, 0.25) is 5.91 Å². The van der Waals surface area contributed by atoms with Gasteiger partial charge in [0.1, 0.15) is 24.7 Å². The fourth-order valence-electron chi connectivity index (χ4n) is 3.71. The third-order valence-corrected chi connectivity index (χ3v) is 5.35. The summed E-state index contributed by atoms with van der Waals surface area (Å²) in [5, 5.41) is 5.55. The van der Waals surface area contributed by atoms with E-state index in [9.17, 15) is 14.4 Å². The van der Waals surface area contributed by atoms with Gasteiger partial charge in [0.25, 0.3) is 0 Å². The first-order valence-electron chi connectivity index (χ1n) is 9.97. The Morgan fingerprint density at radius 3 is 2.41 bits per heavy atom. The van der Waals surface area contributed by atoms with Gasteiger partial charge in [0, 0.05) is 23.9 Å². The molecule has 0 bridgehead atoms. The molecule has 0 saturated heterocycles. The van der Waals surface area contributed by atoms with Crippen molar-refractivity contribution < 1.29 is 28.6 Å². The van der Waals surface area contributed by atoms with E-state index in [0.717, 1.165) is 11.1 Å². The molecule has 2 N–H and O–H groups in total. The fraction of sp³-hybridized carbons (Fsp3) is 0.261. The number of hydrogen-bond acceptors (Lipinski definition) is 6. The van der Waals surface area contributed by atoms with Gasteiger partial charge in [-0.2, -0.15) is 0 Å². The predicted octanol–water partition coefficient (Wildman–Crippen LogP) is 2.53. The highest BCUT2D eigenvalue weighted by Crippen LogP contribution is 2.35. The summed E-state index contributed by atoms with van der Waals surface area (Å²) in [7, 11) is 3.02. The number of amides is 3. The number of ether oxygens (including phenoxy) is 3. The van der Waals surface area contributed by atoms with Crippen LogP contribution in [0.4, 0.5) is 10.5 Å². The second kappa shape index (κ2) is 8.62. The van der Waals surface area contributed by atoms with Crippen molar-refractivity contribution in [2.24, 2.45) is 0 Å². The molecule has 9 nitrogen and oxygen atoms in total. The van der Waals surface area contributed by atoms with E-state index in [2.05, 4.69) is 10.6 Å². The average Bonchev–Trinajstić information content (AvgIpc) is 3.17. The second-order valence-electron chi connectivity index (χ2n) is 7.47. The molecule has 0 fully saturated rings. The number of carbonyl (C=O) groups excluding carboxylic acids is 3. The van der Waals surface area contributed by atoms with Crippen LogP contribution in [0.2, 0.25) is 0 Å². The predicted molar refractivity (Wildman–Crippen MR) is 115 cm³/mol. The maximum atomic E-state index is 12.9. The number of hydrogen-bond donors (Lipinski definition) is 2. The van der Waals surface area contributed by atoms with Gasteiger partial charge in [-0.15, -0.1) is 0 Å². The standard InChI is InChI=1S/C23H23N3O6/c1-13-4-6-14(7-5-13)21-20-18(12-32-22(20)28)26(23(29)25-21)11-19(27)24-15-8-16(30-2)10-17(9-15)31-3/h4-10,21H,11-12H2,1-3H3,(H,24,27)(H,25,29)/t21-/m1/s1. The largest absolute Gasteiger partial charge is 0.497 e. The minimum atomic E-state index is -0.630. The van der Waals surface area contributed by atoms with Crippen LogP contribution in [0.1, 0.15) is 17.2 Å². The Morgan fingerprint density at radius 1 is 1.12 bits per heavy atom. The Balaban J connectivity index is 1.57. The van der Waals surface area contributed by atoms with Gasteiger partial charge in [-0.3, -0.25) is 9.69 Å². The zero-order valence-electron chi connectivity index (χ0n) is 17.9. The number of nitrogens with one attached hydrogen (secondary N) is 2. The molecule has 0 aromatic heterocycles. The maximum absolute atomic E-state index is 12.9. The van der Waals surface area contributed by atoms with Crippen LogP contribution in [0.15, 0.2) is 53.7 Å². The van der Waals surface area contributed by atoms with Crippen molar-refractivity contribution >= 4 is 23.6 Å². The molecule has 9 heteroatoms. The summed E-state index contributed by atoms with van der Waals surface area (Å²) in [6, 6.07) is 11.4. The van der Waals surface area contributed by atoms with E-state index in [0.29, 0.717) is 28.5 Å². The lowest BCUT2D eigenvalue weighted by Gasteiger charge is -2.32. The molecule has 3 amide bonds. The van der Waals surface area contributed by atoms with E-state index >= 15 is 0 Å². The van der Waals surface area contributed by atoms with E-state index in [1.54, 1.807) is 18.2 Å². The third-order valence-electron chi connectivity index (χ3n) is 5.35. The summed E-state index contributed by atoms with van der Waals surface area (Å²) < 4.78 is 15.6. The van der Waals surface area contributed by atoms with Crippen LogP contribution in [0.5, 0.6) is 11.5 Å². The van der Waals surface area contributed by atoms with Crippen LogP contribution in [-0.2, 0) is 14.3 Å². The molecule has 2 aliphatic heterocycles. The summed E-state index contributed by atoms with van der Waals surface area (Å²) in [6.45, 7) is 1.60.